The second-order valence-electron chi connectivity index (χ2n) is 11.1. The summed E-state index contributed by atoms with van der Waals surface area (Å²) in [6, 6.07) is 19.6. The van der Waals surface area contributed by atoms with E-state index in [2.05, 4.69) is 5.32 Å². The third-order valence-corrected chi connectivity index (χ3v) is 7.02. The second-order valence-corrected chi connectivity index (χ2v) is 11.5. The van der Waals surface area contributed by atoms with Crippen molar-refractivity contribution in [3.8, 4) is 11.1 Å². The Hall–Kier alpha value is -3.89. The molecule has 3 rings (SSSR count). The Kier molecular flexibility index (Phi) is 13.2. The molecule has 0 saturated heterocycles. The van der Waals surface area contributed by atoms with Crippen molar-refractivity contribution in [1.29, 1.82) is 0 Å². The molecule has 44 heavy (non-hydrogen) atoms. The zero-order valence-corrected chi connectivity index (χ0v) is 26.1. The van der Waals surface area contributed by atoms with Crippen molar-refractivity contribution >= 4 is 36.5 Å². The molecular formula is C33H38BClFNO7. The Morgan fingerprint density at radius 2 is 1.61 bits per heavy atom. The van der Waals surface area contributed by atoms with Gasteiger partial charge in [-0.25, -0.2) is 14.0 Å². The Balaban J connectivity index is 1.76. The summed E-state index contributed by atoms with van der Waals surface area (Å²) in [5.74, 6) is -2.29. The summed E-state index contributed by atoms with van der Waals surface area (Å²) in [5.41, 5.74) is 2.69. The number of hydrogen-bond donors (Lipinski definition) is 2. The molecule has 0 bridgehead atoms. The molecule has 3 aromatic carbocycles. The molecule has 234 valence electrons. The van der Waals surface area contributed by atoms with Gasteiger partial charge in [-0.2, -0.15) is 0 Å². The van der Waals surface area contributed by atoms with Crippen LogP contribution < -0.4 is 5.32 Å². The van der Waals surface area contributed by atoms with E-state index in [1.54, 1.807) is 38.9 Å². The van der Waals surface area contributed by atoms with Gasteiger partial charge in [0.2, 0.25) is 6.29 Å². The van der Waals surface area contributed by atoms with Crippen LogP contribution in [0.3, 0.4) is 0 Å². The van der Waals surface area contributed by atoms with Gasteiger partial charge in [-0.15, -0.1) is 0 Å². The van der Waals surface area contributed by atoms with Crippen LogP contribution in [0.25, 0.3) is 11.1 Å². The average Bonchev–Trinajstić information content (AvgIpc) is 2.97. The van der Waals surface area contributed by atoms with Gasteiger partial charge >= 0.3 is 18.0 Å². The summed E-state index contributed by atoms with van der Waals surface area (Å²) in [6.07, 6.45) is -1.24. The first-order valence-electron chi connectivity index (χ1n) is 14.5. The number of ether oxygens (including phenoxy) is 3. The second kappa shape index (κ2) is 16.8. The highest BCUT2D eigenvalue weighted by Crippen LogP contribution is 2.28. The minimum absolute atomic E-state index is 0.00208. The quantitative estimate of drug-likeness (QED) is 0.117. The summed E-state index contributed by atoms with van der Waals surface area (Å²) in [7, 11) is 0. The molecule has 3 atom stereocenters. The molecule has 0 aliphatic heterocycles. The van der Waals surface area contributed by atoms with Gasteiger partial charge in [-0.3, -0.25) is 4.79 Å². The van der Waals surface area contributed by atoms with E-state index in [1.807, 2.05) is 42.5 Å². The SMILES string of the molecule is CB(O)C[C@H](Cc1ccc(-c2cc(Cl)ccc2F)cc1)C[C@@H](NC(=O)OC(C)OC(=O)C(C)C)C(=O)OCc1ccccc1. The first-order valence-corrected chi connectivity index (χ1v) is 14.9. The van der Waals surface area contributed by atoms with Gasteiger partial charge in [0, 0.05) is 17.5 Å². The molecule has 0 aromatic heterocycles. The molecule has 11 heteroatoms. The zero-order valence-electron chi connectivity index (χ0n) is 25.3. The molecule has 3 aromatic rings. The van der Waals surface area contributed by atoms with E-state index in [4.69, 9.17) is 25.8 Å². The predicted octanol–water partition coefficient (Wildman–Crippen LogP) is 6.69. The molecule has 8 nitrogen and oxygen atoms in total. The summed E-state index contributed by atoms with van der Waals surface area (Å²) in [4.78, 5) is 37.9. The van der Waals surface area contributed by atoms with Crippen LogP contribution in [-0.2, 0) is 36.8 Å². The van der Waals surface area contributed by atoms with Gasteiger partial charge in [-0.05, 0) is 60.0 Å². The Morgan fingerprint density at radius 1 is 0.932 bits per heavy atom. The first-order chi connectivity index (χ1) is 20.9. The van der Waals surface area contributed by atoms with Crippen LogP contribution in [0.4, 0.5) is 9.18 Å². The fraction of sp³-hybridized carbons (Fsp3) is 0.364. The number of carbonyl (C=O) groups excluding carboxylic acids is 3. The van der Waals surface area contributed by atoms with Crippen LogP contribution in [-0.4, -0.2) is 42.3 Å². The molecule has 0 fully saturated rings. The third-order valence-electron chi connectivity index (χ3n) is 6.79. The van der Waals surface area contributed by atoms with E-state index < -0.39 is 49.0 Å². The van der Waals surface area contributed by atoms with Crippen LogP contribution in [0.1, 0.15) is 38.3 Å². The van der Waals surface area contributed by atoms with Gasteiger partial charge in [0.05, 0.1) is 5.92 Å². The predicted molar refractivity (Wildman–Crippen MR) is 167 cm³/mol. The van der Waals surface area contributed by atoms with Crippen LogP contribution in [0, 0.1) is 17.7 Å². The number of hydrogen-bond acceptors (Lipinski definition) is 7. The van der Waals surface area contributed by atoms with E-state index >= 15 is 0 Å². The fourth-order valence-corrected chi connectivity index (χ4v) is 4.82. The van der Waals surface area contributed by atoms with Crippen LogP contribution in [0.2, 0.25) is 18.2 Å². The molecule has 0 heterocycles. The highest BCUT2D eigenvalue weighted by Gasteiger charge is 2.29. The Labute approximate surface area is 263 Å². The van der Waals surface area contributed by atoms with Gasteiger partial charge in [0.25, 0.3) is 6.92 Å². The Morgan fingerprint density at radius 3 is 2.25 bits per heavy atom. The molecule has 0 saturated carbocycles. The number of halogens is 2. The van der Waals surface area contributed by atoms with Crippen LogP contribution in [0.15, 0.2) is 72.8 Å². The lowest BCUT2D eigenvalue weighted by molar-refractivity contribution is -0.169. The van der Waals surface area contributed by atoms with E-state index in [0.717, 1.165) is 11.1 Å². The minimum Gasteiger partial charge on any atom is -0.459 e. The lowest BCUT2D eigenvalue weighted by atomic mass is 9.62. The standard InChI is InChI=1S/C33H38BClFNO7/c1-21(2)31(38)43-22(3)44-33(40)37-30(32(39)42-20-24-8-6-5-7-9-24)17-25(19-34(4)41)16-23-10-12-26(13-11-23)28-18-27(35)14-15-29(28)36/h5-15,18,21-22,25,30,41H,16-17,19-20H2,1-4H3,(H,37,40)/t22?,25-,30-/m1/s1. The van der Waals surface area contributed by atoms with Crippen molar-refractivity contribution in [2.24, 2.45) is 11.8 Å². The minimum atomic E-state index is -1.18. The topological polar surface area (TPSA) is 111 Å². The highest BCUT2D eigenvalue weighted by atomic mass is 35.5. The maximum absolute atomic E-state index is 14.4. The van der Waals surface area contributed by atoms with Crippen LogP contribution in [0.5, 0.6) is 0 Å². The van der Waals surface area contributed by atoms with Crippen LogP contribution >= 0.6 is 11.6 Å². The number of nitrogens with one attached hydrogen (secondary N) is 1. The molecule has 0 aliphatic rings. The maximum atomic E-state index is 14.4. The van der Waals surface area contributed by atoms with Gasteiger partial charge in [0.15, 0.2) is 0 Å². The van der Waals surface area contributed by atoms with Crippen molar-refractivity contribution in [2.45, 2.75) is 65.7 Å². The number of benzene rings is 3. The Bertz CT molecular complexity index is 1390. The summed E-state index contributed by atoms with van der Waals surface area (Å²) < 4.78 is 30.2. The lowest BCUT2D eigenvalue weighted by Gasteiger charge is -2.25. The van der Waals surface area contributed by atoms with E-state index in [0.29, 0.717) is 28.9 Å². The summed E-state index contributed by atoms with van der Waals surface area (Å²) >= 11 is 6.06. The van der Waals surface area contributed by atoms with Crippen molar-refractivity contribution in [3.63, 3.8) is 0 Å². The average molecular weight is 626 g/mol. The third kappa shape index (κ3) is 11.3. The van der Waals surface area contributed by atoms with E-state index in [1.165, 1.54) is 19.1 Å². The first kappa shape index (κ1) is 34.6. The number of rotatable bonds is 14. The zero-order chi connectivity index (χ0) is 32.2. The largest absolute Gasteiger partial charge is 0.459 e. The van der Waals surface area contributed by atoms with Crippen molar-refractivity contribution in [1.82, 2.24) is 5.32 Å². The van der Waals surface area contributed by atoms with Crippen molar-refractivity contribution in [2.75, 3.05) is 0 Å². The van der Waals surface area contributed by atoms with Crippen molar-refractivity contribution < 1.29 is 38.0 Å². The normalized spacial score (nSPS) is 13.0. The highest BCUT2D eigenvalue weighted by molar-refractivity contribution is 6.48. The summed E-state index contributed by atoms with van der Waals surface area (Å²) in [6.45, 7) is 5.66. The molecule has 2 N–H and O–H groups in total. The fourth-order valence-electron chi connectivity index (χ4n) is 4.65. The van der Waals surface area contributed by atoms with Crippen molar-refractivity contribution in [3.05, 3.63) is 94.8 Å². The van der Waals surface area contributed by atoms with E-state index in [9.17, 15) is 23.8 Å². The van der Waals surface area contributed by atoms with Gasteiger partial charge < -0.3 is 24.6 Å². The molecule has 0 spiro atoms. The summed E-state index contributed by atoms with van der Waals surface area (Å²) in [5, 5.41) is 13.2. The molecule has 1 unspecified atom stereocenters. The van der Waals surface area contributed by atoms with Gasteiger partial charge in [-0.1, -0.05) is 86.9 Å². The molecule has 1 amide bonds. The number of esters is 2. The lowest BCUT2D eigenvalue weighted by Crippen LogP contribution is -2.45. The smallest absolute Gasteiger partial charge is 0.410 e. The van der Waals surface area contributed by atoms with E-state index in [-0.39, 0.29) is 18.9 Å². The number of amides is 1. The maximum Gasteiger partial charge on any atom is 0.410 e. The van der Waals surface area contributed by atoms with Gasteiger partial charge in [0.1, 0.15) is 18.5 Å². The molecule has 0 aliphatic carbocycles. The molecule has 0 radical (unpaired) electrons. The number of carbonyl (C=O) groups is 3. The monoisotopic (exact) mass is 625 g/mol. The molecular weight excluding hydrogens is 588 g/mol. The number of alkyl carbamates (subject to hydrolysis) is 1.